The molecule has 0 atom stereocenters. The molecule has 3 N–H and O–H groups in total. The number of fused-ring (bicyclic) bond motifs is 1. The van der Waals surface area contributed by atoms with E-state index in [2.05, 4.69) is 5.32 Å². The van der Waals surface area contributed by atoms with E-state index in [1.54, 1.807) is 0 Å². The summed E-state index contributed by atoms with van der Waals surface area (Å²) in [5, 5.41) is 4.42. The molecule has 1 aromatic carbocycles. The minimum atomic E-state index is 0.473. The van der Waals surface area contributed by atoms with Crippen LogP contribution in [0.5, 0.6) is 0 Å². The molecular formula is C19H21ClN4. The van der Waals surface area contributed by atoms with Crippen molar-refractivity contribution in [1.82, 2.24) is 9.38 Å². The van der Waals surface area contributed by atoms with Crippen LogP contribution in [0.25, 0.3) is 16.9 Å². The topological polar surface area (TPSA) is 55.3 Å². The lowest BCUT2D eigenvalue weighted by Gasteiger charge is -2.24. The summed E-state index contributed by atoms with van der Waals surface area (Å²) >= 11 is 6.43. The van der Waals surface area contributed by atoms with Crippen molar-refractivity contribution in [2.75, 3.05) is 11.1 Å². The standard InChI is InChI=1S/C19H21ClN4/c20-16-9-5-4-8-15(16)18-19(22-14-6-2-1-3-7-14)24-12-13(21)10-11-17(24)23-18/h4-5,8-12,14,22H,1-3,6-7,21H2. The number of hydrogen-bond acceptors (Lipinski definition) is 3. The van der Waals surface area contributed by atoms with E-state index in [1.165, 1.54) is 32.1 Å². The van der Waals surface area contributed by atoms with Crippen molar-refractivity contribution < 1.29 is 0 Å². The molecule has 1 aliphatic rings. The van der Waals surface area contributed by atoms with Gasteiger partial charge in [-0.05, 0) is 31.0 Å². The lowest BCUT2D eigenvalue weighted by atomic mass is 9.95. The van der Waals surface area contributed by atoms with Gasteiger partial charge in [0.25, 0.3) is 0 Å². The first-order valence-electron chi connectivity index (χ1n) is 8.51. The summed E-state index contributed by atoms with van der Waals surface area (Å²) in [5.74, 6) is 0.984. The van der Waals surface area contributed by atoms with Crippen LogP contribution in [0.1, 0.15) is 32.1 Å². The number of aromatic nitrogens is 2. The Morgan fingerprint density at radius 1 is 1.08 bits per heavy atom. The van der Waals surface area contributed by atoms with Gasteiger partial charge < -0.3 is 11.1 Å². The fraction of sp³-hybridized carbons (Fsp3) is 0.316. The number of imidazole rings is 1. The first-order valence-corrected chi connectivity index (χ1v) is 8.89. The average Bonchev–Trinajstić information content (AvgIpc) is 2.94. The van der Waals surface area contributed by atoms with Crippen LogP contribution in [0.3, 0.4) is 0 Å². The van der Waals surface area contributed by atoms with Gasteiger partial charge in [0.15, 0.2) is 0 Å². The zero-order valence-corrected chi connectivity index (χ0v) is 14.3. The summed E-state index contributed by atoms with van der Waals surface area (Å²) in [7, 11) is 0. The minimum absolute atomic E-state index is 0.473. The molecule has 0 unspecified atom stereocenters. The first kappa shape index (κ1) is 15.3. The number of pyridine rings is 1. The summed E-state index contributed by atoms with van der Waals surface area (Å²) in [5.41, 5.74) is 9.42. The van der Waals surface area contributed by atoms with Gasteiger partial charge in [-0.15, -0.1) is 0 Å². The molecule has 0 radical (unpaired) electrons. The highest BCUT2D eigenvalue weighted by Gasteiger charge is 2.20. The van der Waals surface area contributed by atoms with Gasteiger partial charge in [-0.2, -0.15) is 0 Å². The zero-order chi connectivity index (χ0) is 16.5. The molecule has 24 heavy (non-hydrogen) atoms. The molecule has 0 bridgehead atoms. The number of nitrogens with zero attached hydrogens (tertiary/aromatic N) is 2. The Balaban J connectivity index is 1.85. The number of rotatable bonds is 3. The third kappa shape index (κ3) is 2.82. The maximum atomic E-state index is 6.43. The zero-order valence-electron chi connectivity index (χ0n) is 13.5. The molecule has 0 spiro atoms. The van der Waals surface area contributed by atoms with E-state index in [1.807, 2.05) is 47.0 Å². The highest BCUT2D eigenvalue weighted by Crippen LogP contribution is 2.35. The van der Waals surface area contributed by atoms with Crippen LogP contribution in [0.2, 0.25) is 5.02 Å². The van der Waals surface area contributed by atoms with E-state index in [9.17, 15) is 0 Å². The van der Waals surface area contributed by atoms with Crippen molar-refractivity contribution in [2.24, 2.45) is 0 Å². The Kier molecular flexibility index (Phi) is 4.07. The van der Waals surface area contributed by atoms with E-state index >= 15 is 0 Å². The lowest BCUT2D eigenvalue weighted by Crippen LogP contribution is -2.23. The Labute approximate surface area is 146 Å². The normalized spacial score (nSPS) is 15.7. The van der Waals surface area contributed by atoms with Gasteiger partial charge in [-0.1, -0.05) is 49.1 Å². The Morgan fingerprint density at radius 2 is 1.88 bits per heavy atom. The van der Waals surface area contributed by atoms with Crippen LogP contribution in [0, 0.1) is 0 Å². The summed E-state index contributed by atoms with van der Waals surface area (Å²) in [6.45, 7) is 0. The minimum Gasteiger partial charge on any atom is -0.398 e. The summed E-state index contributed by atoms with van der Waals surface area (Å²) in [4.78, 5) is 4.81. The van der Waals surface area contributed by atoms with Gasteiger partial charge in [-0.3, -0.25) is 4.40 Å². The van der Waals surface area contributed by atoms with Gasteiger partial charge in [0, 0.05) is 23.5 Å². The maximum Gasteiger partial charge on any atom is 0.139 e. The largest absolute Gasteiger partial charge is 0.398 e. The molecule has 1 fully saturated rings. The van der Waals surface area contributed by atoms with E-state index in [-0.39, 0.29) is 0 Å². The number of nitrogens with one attached hydrogen (secondary N) is 1. The van der Waals surface area contributed by atoms with E-state index in [0.717, 1.165) is 28.4 Å². The smallest absolute Gasteiger partial charge is 0.139 e. The lowest BCUT2D eigenvalue weighted by molar-refractivity contribution is 0.462. The molecule has 0 saturated heterocycles. The van der Waals surface area contributed by atoms with Crippen molar-refractivity contribution in [2.45, 2.75) is 38.1 Å². The van der Waals surface area contributed by atoms with Gasteiger partial charge in [0.1, 0.15) is 17.2 Å². The van der Waals surface area contributed by atoms with Gasteiger partial charge in [-0.25, -0.2) is 4.98 Å². The van der Waals surface area contributed by atoms with E-state index < -0.39 is 0 Å². The molecule has 124 valence electrons. The predicted octanol–water partition coefficient (Wildman–Crippen LogP) is 4.98. The quantitative estimate of drug-likeness (QED) is 0.706. The highest BCUT2D eigenvalue weighted by atomic mass is 35.5. The van der Waals surface area contributed by atoms with Gasteiger partial charge in [0.05, 0.1) is 5.02 Å². The first-order chi connectivity index (χ1) is 11.7. The van der Waals surface area contributed by atoms with Crippen molar-refractivity contribution in [3.63, 3.8) is 0 Å². The number of hydrogen-bond donors (Lipinski definition) is 2. The van der Waals surface area contributed by atoms with Crippen LogP contribution >= 0.6 is 11.6 Å². The van der Waals surface area contributed by atoms with Crippen LogP contribution in [0.4, 0.5) is 11.5 Å². The van der Waals surface area contributed by atoms with Crippen molar-refractivity contribution >= 4 is 28.8 Å². The third-order valence-corrected chi connectivity index (χ3v) is 5.05. The Bertz CT molecular complexity index is 865. The molecule has 0 aliphatic heterocycles. The molecule has 0 amide bonds. The van der Waals surface area contributed by atoms with Crippen LogP contribution in [-0.2, 0) is 0 Å². The van der Waals surface area contributed by atoms with E-state index in [4.69, 9.17) is 22.3 Å². The van der Waals surface area contributed by atoms with Crippen LogP contribution < -0.4 is 11.1 Å². The number of nitrogens with two attached hydrogens (primary N) is 1. The Hall–Kier alpha value is -2.20. The fourth-order valence-corrected chi connectivity index (χ4v) is 3.71. The third-order valence-electron chi connectivity index (χ3n) is 4.72. The number of nitrogen functional groups attached to an aromatic ring is 1. The SMILES string of the molecule is Nc1ccc2nc(-c3ccccc3Cl)c(NC3CCCCC3)n2c1. The van der Waals surface area contributed by atoms with Crippen molar-refractivity contribution in [3.8, 4) is 11.3 Å². The van der Waals surface area contributed by atoms with E-state index in [0.29, 0.717) is 11.1 Å². The summed E-state index contributed by atoms with van der Waals surface area (Å²) in [6, 6.07) is 12.1. The summed E-state index contributed by atoms with van der Waals surface area (Å²) in [6.07, 6.45) is 8.19. The summed E-state index contributed by atoms with van der Waals surface area (Å²) < 4.78 is 2.04. The van der Waals surface area contributed by atoms with Crippen molar-refractivity contribution in [1.29, 1.82) is 0 Å². The van der Waals surface area contributed by atoms with Gasteiger partial charge >= 0.3 is 0 Å². The van der Waals surface area contributed by atoms with Crippen molar-refractivity contribution in [3.05, 3.63) is 47.6 Å². The number of halogens is 1. The second-order valence-electron chi connectivity index (χ2n) is 6.46. The second kappa shape index (κ2) is 6.36. The maximum absolute atomic E-state index is 6.43. The molecular weight excluding hydrogens is 320 g/mol. The predicted molar refractivity (Wildman–Crippen MR) is 101 cm³/mol. The Morgan fingerprint density at radius 3 is 2.67 bits per heavy atom. The monoisotopic (exact) mass is 340 g/mol. The van der Waals surface area contributed by atoms with Crippen LogP contribution in [-0.4, -0.2) is 15.4 Å². The fourth-order valence-electron chi connectivity index (χ4n) is 3.48. The molecule has 2 heterocycles. The number of anilines is 2. The molecule has 4 nitrogen and oxygen atoms in total. The van der Waals surface area contributed by atoms with Crippen LogP contribution in [0.15, 0.2) is 42.6 Å². The van der Waals surface area contributed by atoms with Gasteiger partial charge in [0.2, 0.25) is 0 Å². The molecule has 1 saturated carbocycles. The number of benzene rings is 1. The molecule has 5 heteroatoms. The molecule has 3 aromatic rings. The molecule has 2 aromatic heterocycles. The molecule has 4 rings (SSSR count). The highest BCUT2D eigenvalue weighted by molar-refractivity contribution is 6.33. The second-order valence-corrected chi connectivity index (χ2v) is 6.87. The average molecular weight is 341 g/mol. The molecule has 1 aliphatic carbocycles.